The summed E-state index contributed by atoms with van der Waals surface area (Å²) in [6.45, 7) is 5.91. The van der Waals surface area contributed by atoms with E-state index in [4.69, 9.17) is 21.2 Å². The topological polar surface area (TPSA) is 90.6 Å². The standard InChI is InChI=1S/C21H19FN6O2/c1-11-15-8-13(22)5-6-14(15)21(29)27(3)10-16-18(20(24-2)28(4)26-16)12-7-17(30-11)19(23)25-9-12/h5-9,11H,10H2,1,3-4H3,(H2,23,25)/t11-/m0/s1/i3D3. The summed E-state index contributed by atoms with van der Waals surface area (Å²) in [6.07, 6.45) is 0.550. The Bertz CT molecular complexity index is 1310. The Morgan fingerprint density at radius 1 is 1.43 bits per heavy atom. The van der Waals surface area contributed by atoms with Crippen LogP contribution in [0.5, 0.6) is 5.75 Å². The summed E-state index contributed by atoms with van der Waals surface area (Å²) >= 11 is 0. The summed E-state index contributed by atoms with van der Waals surface area (Å²) in [6, 6.07) is 4.99. The van der Waals surface area contributed by atoms with Crippen molar-refractivity contribution in [1.29, 1.82) is 0 Å². The van der Waals surface area contributed by atoms with Gasteiger partial charge in [0.25, 0.3) is 11.7 Å². The van der Waals surface area contributed by atoms with Crippen LogP contribution in [0.15, 0.2) is 30.5 Å². The smallest absolute Gasteiger partial charge is 0.260 e. The predicted octanol–water partition coefficient (Wildman–Crippen LogP) is 3.48. The Morgan fingerprint density at radius 3 is 2.97 bits per heavy atom. The fraction of sp³-hybridized carbons (Fsp3) is 0.238. The van der Waals surface area contributed by atoms with E-state index < -0.39 is 31.3 Å². The number of anilines is 1. The van der Waals surface area contributed by atoms with Crippen LogP contribution < -0.4 is 10.5 Å². The summed E-state index contributed by atoms with van der Waals surface area (Å²) in [4.78, 5) is 21.8. The van der Waals surface area contributed by atoms with E-state index in [0.29, 0.717) is 16.0 Å². The quantitative estimate of drug-likeness (QED) is 0.574. The van der Waals surface area contributed by atoms with Crippen LogP contribution in [0.25, 0.3) is 16.0 Å². The van der Waals surface area contributed by atoms with Crippen molar-refractivity contribution in [2.24, 2.45) is 7.05 Å². The molecule has 0 fully saturated rings. The maximum Gasteiger partial charge on any atom is 0.260 e. The third kappa shape index (κ3) is 3.12. The number of nitrogens with zero attached hydrogens (tertiary/aromatic N) is 5. The van der Waals surface area contributed by atoms with Crippen molar-refractivity contribution in [3.63, 3.8) is 0 Å². The number of amides is 1. The van der Waals surface area contributed by atoms with Gasteiger partial charge in [0.2, 0.25) is 0 Å². The average Bonchev–Trinajstić information content (AvgIpc) is 3.06. The molecular formula is C21H19FN6O2. The molecule has 3 heterocycles. The molecule has 1 aliphatic rings. The van der Waals surface area contributed by atoms with Crippen LogP contribution in [0, 0.1) is 12.4 Å². The molecule has 1 atom stereocenters. The van der Waals surface area contributed by atoms with E-state index in [-0.39, 0.29) is 34.2 Å². The van der Waals surface area contributed by atoms with Crippen molar-refractivity contribution in [1.82, 2.24) is 19.7 Å². The predicted molar refractivity (Wildman–Crippen MR) is 108 cm³/mol. The molecular weight excluding hydrogens is 387 g/mol. The number of rotatable bonds is 0. The lowest BCUT2D eigenvalue weighted by Crippen LogP contribution is -2.28. The number of benzene rings is 1. The van der Waals surface area contributed by atoms with Crippen LogP contribution in [0.3, 0.4) is 0 Å². The summed E-state index contributed by atoms with van der Waals surface area (Å²) in [7, 11) is 1.54. The lowest BCUT2D eigenvalue weighted by Gasteiger charge is -2.23. The molecule has 0 radical (unpaired) electrons. The number of ether oxygens (including phenoxy) is 1. The minimum atomic E-state index is -2.84. The van der Waals surface area contributed by atoms with E-state index in [9.17, 15) is 9.18 Å². The zero-order valence-corrected chi connectivity index (χ0v) is 16.2. The molecule has 3 aromatic rings. The number of fused-ring (bicyclic) bond motifs is 5. The van der Waals surface area contributed by atoms with Gasteiger partial charge >= 0.3 is 0 Å². The van der Waals surface area contributed by atoms with Crippen LogP contribution in [-0.4, -0.2) is 32.5 Å². The summed E-state index contributed by atoms with van der Waals surface area (Å²) in [5.74, 6) is -1.10. The number of aromatic nitrogens is 3. The van der Waals surface area contributed by atoms with Gasteiger partial charge < -0.3 is 20.2 Å². The zero-order valence-electron chi connectivity index (χ0n) is 19.2. The highest BCUT2D eigenvalue weighted by Crippen LogP contribution is 2.38. The molecule has 1 amide bonds. The van der Waals surface area contributed by atoms with Gasteiger partial charge in [0.05, 0.1) is 13.6 Å². The molecule has 8 nitrogen and oxygen atoms in total. The number of aryl methyl sites for hydroxylation is 1. The fourth-order valence-electron chi connectivity index (χ4n) is 3.48. The first-order chi connectivity index (χ1) is 15.5. The van der Waals surface area contributed by atoms with Crippen LogP contribution in [0.1, 0.15) is 38.8 Å². The molecule has 2 N–H and O–H groups in total. The Hall–Kier alpha value is -3.93. The number of halogens is 1. The van der Waals surface area contributed by atoms with Crippen molar-refractivity contribution < 1.29 is 18.0 Å². The Balaban J connectivity index is 2.04. The minimum Gasteiger partial charge on any atom is -0.482 e. The van der Waals surface area contributed by atoms with Gasteiger partial charge in [-0.25, -0.2) is 14.1 Å². The van der Waals surface area contributed by atoms with Crippen molar-refractivity contribution in [2.75, 3.05) is 12.7 Å². The number of nitrogens with two attached hydrogens (primary N) is 1. The van der Waals surface area contributed by atoms with Gasteiger partial charge in [-0.05, 0) is 36.8 Å². The SMILES string of the molecule is [2H]C([2H])([2H])N1Cc2nn(C)c([N+]#[C-])c2-c2cnc(N)c(c2)O[C@@H](C)c2cc(F)ccc2C1=O. The molecule has 30 heavy (non-hydrogen) atoms. The summed E-state index contributed by atoms with van der Waals surface area (Å²) in [5, 5.41) is 4.31. The zero-order chi connectivity index (χ0) is 24.1. The molecule has 4 rings (SSSR count). The van der Waals surface area contributed by atoms with E-state index in [1.54, 1.807) is 20.0 Å². The van der Waals surface area contributed by atoms with E-state index >= 15 is 0 Å². The van der Waals surface area contributed by atoms with E-state index in [1.807, 2.05) is 0 Å². The van der Waals surface area contributed by atoms with Crippen LogP contribution in [0.4, 0.5) is 16.0 Å². The van der Waals surface area contributed by atoms with Gasteiger partial charge in [-0.1, -0.05) is 6.57 Å². The summed E-state index contributed by atoms with van der Waals surface area (Å²) in [5.41, 5.74) is 7.02. The molecule has 0 spiro atoms. The van der Waals surface area contributed by atoms with E-state index in [1.165, 1.54) is 16.9 Å². The molecule has 0 saturated heterocycles. The largest absolute Gasteiger partial charge is 0.482 e. The molecule has 152 valence electrons. The average molecular weight is 409 g/mol. The number of carbonyl (C=O) groups excluding carboxylic acids is 1. The lowest BCUT2D eigenvalue weighted by molar-refractivity contribution is 0.0778. The highest BCUT2D eigenvalue weighted by molar-refractivity contribution is 5.96. The second-order valence-electron chi connectivity index (χ2n) is 6.87. The Kier molecular flexibility index (Phi) is 3.80. The minimum absolute atomic E-state index is 0.0360. The van der Waals surface area contributed by atoms with Gasteiger partial charge in [0.15, 0.2) is 11.6 Å². The van der Waals surface area contributed by atoms with Gasteiger partial charge in [-0.15, -0.1) is 5.10 Å². The fourth-order valence-corrected chi connectivity index (χ4v) is 3.48. The highest BCUT2D eigenvalue weighted by Gasteiger charge is 2.27. The number of nitrogen functional groups attached to an aromatic ring is 1. The molecule has 2 bridgehead atoms. The highest BCUT2D eigenvalue weighted by atomic mass is 19.1. The third-order valence-electron chi connectivity index (χ3n) is 4.90. The summed E-state index contributed by atoms with van der Waals surface area (Å²) < 4.78 is 45.2. The van der Waals surface area contributed by atoms with Crippen molar-refractivity contribution in [3.8, 4) is 16.9 Å². The Morgan fingerprint density at radius 2 is 2.23 bits per heavy atom. The molecule has 0 aliphatic carbocycles. The number of carbonyl (C=O) groups is 1. The maximum atomic E-state index is 14.1. The van der Waals surface area contributed by atoms with Gasteiger partial charge in [-0.3, -0.25) is 4.79 Å². The molecule has 1 aromatic carbocycles. The third-order valence-corrected chi connectivity index (χ3v) is 4.90. The monoisotopic (exact) mass is 409 g/mol. The number of hydrogen-bond acceptors (Lipinski definition) is 5. The van der Waals surface area contributed by atoms with Gasteiger partial charge in [0.1, 0.15) is 17.6 Å². The first kappa shape index (κ1) is 15.9. The molecule has 0 saturated carbocycles. The maximum absolute atomic E-state index is 14.1. The number of pyridine rings is 1. The lowest BCUT2D eigenvalue weighted by atomic mass is 10.0. The molecule has 9 heteroatoms. The van der Waals surface area contributed by atoms with Crippen molar-refractivity contribution in [3.05, 3.63) is 64.5 Å². The van der Waals surface area contributed by atoms with Crippen molar-refractivity contribution in [2.45, 2.75) is 19.6 Å². The first-order valence-electron chi connectivity index (χ1n) is 10.5. The van der Waals surface area contributed by atoms with E-state index in [0.717, 1.165) is 12.1 Å². The molecule has 2 aromatic heterocycles. The van der Waals surface area contributed by atoms with Gasteiger partial charge in [-0.2, -0.15) is 0 Å². The van der Waals surface area contributed by atoms with Crippen LogP contribution in [0.2, 0.25) is 0 Å². The van der Waals surface area contributed by atoms with Crippen molar-refractivity contribution >= 4 is 17.5 Å². The molecule has 0 unspecified atom stereocenters. The molecule has 1 aliphatic heterocycles. The second-order valence-corrected chi connectivity index (χ2v) is 6.87. The number of hydrogen-bond donors (Lipinski definition) is 1. The van der Waals surface area contributed by atoms with Crippen LogP contribution >= 0.6 is 0 Å². The Labute approximate surface area is 176 Å². The normalized spacial score (nSPS) is 17.8. The first-order valence-corrected chi connectivity index (χ1v) is 8.98. The van der Waals surface area contributed by atoms with E-state index in [2.05, 4.69) is 14.9 Å². The van der Waals surface area contributed by atoms with Crippen LogP contribution in [-0.2, 0) is 13.6 Å². The van der Waals surface area contributed by atoms with Gasteiger partial charge in [0, 0.05) is 34.0 Å². The second kappa shape index (κ2) is 7.15.